The Kier molecular flexibility index (Phi) is 7.54. The molecular formula is C15H24BrN. The Balaban J connectivity index is 2.26. The maximum absolute atomic E-state index is 3.57. The van der Waals surface area contributed by atoms with Crippen molar-refractivity contribution in [2.45, 2.75) is 46.1 Å². The highest BCUT2D eigenvalue weighted by molar-refractivity contribution is 9.10. The molecule has 0 bridgehead atoms. The maximum Gasteiger partial charge on any atom is 0.0206 e. The van der Waals surface area contributed by atoms with E-state index in [9.17, 15) is 0 Å². The fourth-order valence-corrected chi connectivity index (χ4v) is 2.46. The molecule has 1 N–H and O–H groups in total. The van der Waals surface area contributed by atoms with E-state index in [-0.39, 0.29) is 0 Å². The van der Waals surface area contributed by atoms with Crippen LogP contribution in [0, 0.1) is 5.92 Å². The molecule has 2 heteroatoms. The van der Waals surface area contributed by atoms with Crippen LogP contribution >= 0.6 is 15.9 Å². The molecule has 1 aromatic rings. The normalized spacial score (nSPS) is 12.6. The molecule has 1 atom stereocenters. The Morgan fingerprint density at radius 3 is 2.76 bits per heavy atom. The summed E-state index contributed by atoms with van der Waals surface area (Å²) in [5.41, 5.74) is 1.35. The summed E-state index contributed by atoms with van der Waals surface area (Å²) in [5.74, 6) is 0.835. The molecule has 0 aliphatic rings. The van der Waals surface area contributed by atoms with Crippen LogP contribution < -0.4 is 5.32 Å². The molecule has 1 rings (SSSR count). The minimum absolute atomic E-state index is 0.835. The number of hydrogen-bond donors (Lipinski definition) is 1. The molecule has 0 saturated carbocycles. The highest BCUT2D eigenvalue weighted by atomic mass is 79.9. The molecule has 96 valence electrons. The van der Waals surface area contributed by atoms with Crippen LogP contribution in [-0.2, 0) is 6.54 Å². The van der Waals surface area contributed by atoms with Gasteiger partial charge >= 0.3 is 0 Å². The number of nitrogens with one attached hydrogen (secondary N) is 1. The van der Waals surface area contributed by atoms with E-state index >= 15 is 0 Å². The first-order valence-corrected chi connectivity index (χ1v) is 7.50. The second-order valence-electron chi connectivity index (χ2n) is 4.68. The number of hydrogen-bond acceptors (Lipinski definition) is 1. The minimum Gasteiger partial charge on any atom is -0.312 e. The summed E-state index contributed by atoms with van der Waals surface area (Å²) in [7, 11) is 0. The first kappa shape index (κ1) is 14.7. The highest BCUT2D eigenvalue weighted by Gasteiger charge is 2.04. The van der Waals surface area contributed by atoms with Crippen LogP contribution in [0.5, 0.6) is 0 Å². The zero-order chi connectivity index (χ0) is 12.5. The van der Waals surface area contributed by atoms with E-state index in [1.165, 1.54) is 31.2 Å². The lowest BCUT2D eigenvalue weighted by molar-refractivity contribution is 0.419. The van der Waals surface area contributed by atoms with Gasteiger partial charge in [-0.15, -0.1) is 0 Å². The summed E-state index contributed by atoms with van der Waals surface area (Å²) in [4.78, 5) is 0. The quantitative estimate of drug-likeness (QED) is 0.730. The SMILES string of the molecule is CCCCC(CC)CNCc1cccc(Br)c1. The molecule has 0 heterocycles. The fraction of sp³-hybridized carbons (Fsp3) is 0.600. The summed E-state index contributed by atoms with van der Waals surface area (Å²) in [5, 5.41) is 3.57. The van der Waals surface area contributed by atoms with Crippen LogP contribution in [0.2, 0.25) is 0 Å². The van der Waals surface area contributed by atoms with Gasteiger partial charge < -0.3 is 5.32 Å². The zero-order valence-corrected chi connectivity index (χ0v) is 12.6. The average Bonchev–Trinajstić information content (AvgIpc) is 2.33. The van der Waals surface area contributed by atoms with E-state index in [4.69, 9.17) is 0 Å². The third-order valence-corrected chi connectivity index (χ3v) is 3.69. The summed E-state index contributed by atoms with van der Waals surface area (Å²) in [6.45, 7) is 6.67. The Labute approximate surface area is 114 Å². The van der Waals surface area contributed by atoms with Gasteiger partial charge in [-0.05, 0) is 36.6 Å². The topological polar surface area (TPSA) is 12.0 Å². The molecule has 0 aromatic heterocycles. The lowest BCUT2D eigenvalue weighted by Gasteiger charge is -2.15. The van der Waals surface area contributed by atoms with Crippen LogP contribution in [0.1, 0.15) is 45.1 Å². The second-order valence-corrected chi connectivity index (χ2v) is 5.59. The first-order chi connectivity index (χ1) is 8.26. The van der Waals surface area contributed by atoms with Crippen molar-refractivity contribution >= 4 is 15.9 Å². The van der Waals surface area contributed by atoms with Crippen LogP contribution in [0.3, 0.4) is 0 Å². The minimum atomic E-state index is 0.835. The molecular weight excluding hydrogens is 274 g/mol. The van der Waals surface area contributed by atoms with E-state index < -0.39 is 0 Å². The predicted octanol–water partition coefficient (Wildman–Crippen LogP) is 4.76. The largest absolute Gasteiger partial charge is 0.312 e. The van der Waals surface area contributed by atoms with Gasteiger partial charge in [-0.3, -0.25) is 0 Å². The van der Waals surface area contributed by atoms with Crippen molar-refractivity contribution in [3.05, 3.63) is 34.3 Å². The van der Waals surface area contributed by atoms with Gasteiger partial charge in [0.2, 0.25) is 0 Å². The fourth-order valence-electron chi connectivity index (χ4n) is 2.01. The monoisotopic (exact) mass is 297 g/mol. The van der Waals surface area contributed by atoms with Gasteiger partial charge in [-0.2, -0.15) is 0 Å². The molecule has 0 amide bonds. The van der Waals surface area contributed by atoms with Crippen LogP contribution in [-0.4, -0.2) is 6.54 Å². The van der Waals surface area contributed by atoms with Crippen molar-refractivity contribution in [1.82, 2.24) is 5.32 Å². The Morgan fingerprint density at radius 1 is 1.29 bits per heavy atom. The highest BCUT2D eigenvalue weighted by Crippen LogP contribution is 2.13. The molecule has 0 aliphatic carbocycles. The van der Waals surface area contributed by atoms with Crippen molar-refractivity contribution in [2.75, 3.05) is 6.54 Å². The maximum atomic E-state index is 3.57. The van der Waals surface area contributed by atoms with Crippen molar-refractivity contribution in [3.8, 4) is 0 Å². The van der Waals surface area contributed by atoms with Crippen LogP contribution in [0.15, 0.2) is 28.7 Å². The van der Waals surface area contributed by atoms with Gasteiger partial charge in [0.05, 0.1) is 0 Å². The third kappa shape index (κ3) is 6.23. The average molecular weight is 298 g/mol. The van der Waals surface area contributed by atoms with Gasteiger partial charge in [-0.1, -0.05) is 61.2 Å². The summed E-state index contributed by atoms with van der Waals surface area (Å²) in [6, 6.07) is 8.51. The van der Waals surface area contributed by atoms with Gasteiger partial charge in [0.1, 0.15) is 0 Å². The first-order valence-electron chi connectivity index (χ1n) is 6.71. The van der Waals surface area contributed by atoms with Gasteiger partial charge in [-0.25, -0.2) is 0 Å². The summed E-state index contributed by atoms with van der Waals surface area (Å²) < 4.78 is 1.16. The number of benzene rings is 1. The second kappa shape index (κ2) is 8.71. The Bertz CT molecular complexity index is 312. The van der Waals surface area contributed by atoms with E-state index in [2.05, 4.69) is 59.4 Å². The molecule has 1 aromatic carbocycles. The molecule has 0 radical (unpaired) electrons. The van der Waals surface area contributed by atoms with E-state index in [1.54, 1.807) is 0 Å². The molecule has 1 unspecified atom stereocenters. The molecule has 0 spiro atoms. The molecule has 17 heavy (non-hydrogen) atoms. The lowest BCUT2D eigenvalue weighted by Crippen LogP contribution is -2.22. The molecule has 1 nitrogen and oxygen atoms in total. The van der Waals surface area contributed by atoms with Crippen molar-refractivity contribution < 1.29 is 0 Å². The molecule has 0 saturated heterocycles. The molecule has 0 aliphatic heterocycles. The van der Waals surface area contributed by atoms with Gasteiger partial charge in [0, 0.05) is 11.0 Å². The van der Waals surface area contributed by atoms with Crippen molar-refractivity contribution in [2.24, 2.45) is 5.92 Å². The number of rotatable bonds is 8. The van der Waals surface area contributed by atoms with E-state index in [1.807, 2.05) is 0 Å². The van der Waals surface area contributed by atoms with Crippen molar-refractivity contribution in [3.63, 3.8) is 0 Å². The summed E-state index contributed by atoms with van der Waals surface area (Å²) >= 11 is 3.50. The Morgan fingerprint density at radius 2 is 2.12 bits per heavy atom. The van der Waals surface area contributed by atoms with E-state index in [0.717, 1.165) is 23.5 Å². The Hall–Kier alpha value is -0.340. The smallest absolute Gasteiger partial charge is 0.0206 e. The van der Waals surface area contributed by atoms with Gasteiger partial charge in [0.25, 0.3) is 0 Å². The predicted molar refractivity (Wildman–Crippen MR) is 79.2 cm³/mol. The van der Waals surface area contributed by atoms with Crippen LogP contribution in [0.4, 0.5) is 0 Å². The van der Waals surface area contributed by atoms with E-state index in [0.29, 0.717) is 0 Å². The molecule has 0 fully saturated rings. The summed E-state index contributed by atoms with van der Waals surface area (Å²) in [6.07, 6.45) is 5.31. The lowest BCUT2D eigenvalue weighted by atomic mass is 9.99. The van der Waals surface area contributed by atoms with Crippen molar-refractivity contribution in [1.29, 1.82) is 0 Å². The standard InChI is InChI=1S/C15H24BrN/c1-3-5-7-13(4-2)11-17-12-14-8-6-9-15(16)10-14/h6,8-10,13,17H,3-5,7,11-12H2,1-2H3. The third-order valence-electron chi connectivity index (χ3n) is 3.19. The zero-order valence-electron chi connectivity index (χ0n) is 11.0. The van der Waals surface area contributed by atoms with Crippen LogP contribution in [0.25, 0.3) is 0 Å². The van der Waals surface area contributed by atoms with Gasteiger partial charge in [0.15, 0.2) is 0 Å². The number of unbranched alkanes of at least 4 members (excludes halogenated alkanes) is 1. The number of halogens is 1.